The van der Waals surface area contributed by atoms with Crippen LogP contribution in [0.2, 0.25) is 0 Å². The van der Waals surface area contributed by atoms with Crippen LogP contribution in [-0.2, 0) is 26.2 Å². The maximum Gasteiger partial charge on any atom is 0.264 e. The van der Waals surface area contributed by atoms with E-state index in [1.807, 2.05) is 58.0 Å². The highest BCUT2D eigenvalue weighted by Gasteiger charge is 2.33. The molecular weight excluding hydrogens is 594 g/mol. The molecule has 0 aliphatic carbocycles. The third-order valence-electron chi connectivity index (χ3n) is 6.17. The quantitative estimate of drug-likeness (QED) is 0.329. The number of hydrogen-bond acceptors (Lipinski definition) is 5. The van der Waals surface area contributed by atoms with Crippen LogP contribution in [0.4, 0.5) is 5.69 Å². The van der Waals surface area contributed by atoms with Gasteiger partial charge < -0.3 is 15.0 Å². The van der Waals surface area contributed by atoms with Gasteiger partial charge in [-0.15, -0.1) is 0 Å². The van der Waals surface area contributed by atoms with E-state index in [0.29, 0.717) is 15.9 Å². The molecule has 0 aliphatic rings. The van der Waals surface area contributed by atoms with E-state index in [1.165, 1.54) is 24.1 Å². The fourth-order valence-electron chi connectivity index (χ4n) is 4.01. The first kappa shape index (κ1) is 31.2. The molecule has 214 valence electrons. The highest BCUT2D eigenvalue weighted by molar-refractivity contribution is 9.10. The smallest absolute Gasteiger partial charge is 0.264 e. The number of rotatable bonds is 10. The van der Waals surface area contributed by atoms with E-state index in [1.54, 1.807) is 37.3 Å². The predicted molar refractivity (Wildman–Crippen MR) is 161 cm³/mol. The third kappa shape index (κ3) is 7.85. The molecule has 3 aromatic rings. The molecule has 0 saturated heterocycles. The minimum absolute atomic E-state index is 0.0123. The van der Waals surface area contributed by atoms with Gasteiger partial charge in [0.25, 0.3) is 10.0 Å². The average molecular weight is 631 g/mol. The molecule has 3 rings (SSSR count). The number of sulfonamides is 1. The van der Waals surface area contributed by atoms with Gasteiger partial charge >= 0.3 is 0 Å². The summed E-state index contributed by atoms with van der Waals surface area (Å²) in [5.41, 5.74) is 1.58. The predicted octanol–water partition coefficient (Wildman–Crippen LogP) is 5.29. The summed E-state index contributed by atoms with van der Waals surface area (Å²) >= 11 is 3.36. The number of benzene rings is 3. The van der Waals surface area contributed by atoms with Crippen molar-refractivity contribution in [1.82, 2.24) is 10.2 Å². The molecule has 2 amide bonds. The molecule has 8 nitrogen and oxygen atoms in total. The number of carbonyl (C=O) groups excluding carboxylic acids is 2. The molecule has 1 N–H and O–H groups in total. The average Bonchev–Trinajstić information content (AvgIpc) is 2.90. The Morgan fingerprint density at radius 2 is 1.62 bits per heavy atom. The molecule has 0 heterocycles. The second-order valence-corrected chi connectivity index (χ2v) is 13.3. The first-order chi connectivity index (χ1) is 18.7. The zero-order valence-corrected chi connectivity index (χ0v) is 26.0. The Balaban J connectivity index is 2.04. The molecule has 0 radical (unpaired) electrons. The molecule has 1 atom stereocenters. The summed E-state index contributed by atoms with van der Waals surface area (Å²) in [4.78, 5) is 28.5. The van der Waals surface area contributed by atoms with Crippen LogP contribution in [0.15, 0.2) is 82.2 Å². The molecule has 0 aromatic heterocycles. The lowest BCUT2D eigenvalue weighted by Crippen LogP contribution is -2.54. The number of amides is 2. The Kier molecular flexibility index (Phi) is 10.0. The topological polar surface area (TPSA) is 96.0 Å². The maximum absolute atomic E-state index is 14.0. The first-order valence-corrected chi connectivity index (χ1v) is 15.0. The molecule has 0 unspecified atom stereocenters. The summed E-state index contributed by atoms with van der Waals surface area (Å²) in [5.74, 6) is -0.373. The number of nitrogens with one attached hydrogen (secondary N) is 1. The van der Waals surface area contributed by atoms with E-state index in [2.05, 4.69) is 21.2 Å². The van der Waals surface area contributed by atoms with Crippen molar-refractivity contribution in [3.63, 3.8) is 0 Å². The van der Waals surface area contributed by atoms with Crippen molar-refractivity contribution in [3.8, 4) is 5.75 Å². The van der Waals surface area contributed by atoms with Gasteiger partial charge in [0.2, 0.25) is 11.8 Å². The molecule has 0 spiro atoms. The number of carbonyl (C=O) groups is 2. The maximum atomic E-state index is 14.0. The summed E-state index contributed by atoms with van der Waals surface area (Å²) in [6.45, 7) is 8.75. The second-order valence-electron chi connectivity index (χ2n) is 10.6. The standard InChI is InChI=1S/C30H36BrN3O5S/c1-21-12-14-24(15-13-21)34(40(37,38)25-16-17-27(39-6)26(31)18-25)20-28(35)33(19-23-10-8-7-9-11-23)22(2)29(36)32-30(3,4)5/h7-18,22H,19-20H2,1-6H3,(H,32,36)/t22-/m0/s1. The highest BCUT2D eigenvalue weighted by atomic mass is 79.9. The Hall–Kier alpha value is -3.37. The van der Waals surface area contributed by atoms with Crippen LogP contribution in [0, 0.1) is 6.92 Å². The van der Waals surface area contributed by atoms with Crippen molar-refractivity contribution in [2.45, 2.75) is 57.6 Å². The third-order valence-corrected chi connectivity index (χ3v) is 8.56. The number of ether oxygens (including phenoxy) is 1. The largest absolute Gasteiger partial charge is 0.496 e. The van der Waals surface area contributed by atoms with Crippen LogP contribution in [0.5, 0.6) is 5.75 Å². The van der Waals surface area contributed by atoms with Crippen molar-refractivity contribution in [3.05, 3.63) is 88.4 Å². The summed E-state index contributed by atoms with van der Waals surface area (Å²) < 4.78 is 34.8. The lowest BCUT2D eigenvalue weighted by Gasteiger charge is -2.33. The van der Waals surface area contributed by atoms with Gasteiger partial charge in [0, 0.05) is 12.1 Å². The zero-order valence-electron chi connectivity index (χ0n) is 23.6. The summed E-state index contributed by atoms with van der Waals surface area (Å²) in [7, 11) is -2.70. The van der Waals surface area contributed by atoms with Gasteiger partial charge in [-0.1, -0.05) is 48.0 Å². The Morgan fingerprint density at radius 1 is 1.00 bits per heavy atom. The van der Waals surface area contributed by atoms with Crippen molar-refractivity contribution < 1.29 is 22.7 Å². The monoisotopic (exact) mass is 629 g/mol. The van der Waals surface area contributed by atoms with Gasteiger partial charge in [-0.3, -0.25) is 13.9 Å². The number of anilines is 1. The minimum atomic E-state index is -4.19. The van der Waals surface area contributed by atoms with Crippen molar-refractivity contribution in [2.24, 2.45) is 0 Å². The molecular formula is C30H36BrN3O5S. The van der Waals surface area contributed by atoms with Crippen molar-refractivity contribution in [1.29, 1.82) is 0 Å². The fraction of sp³-hybridized carbons (Fsp3) is 0.333. The second kappa shape index (κ2) is 12.9. The van der Waals surface area contributed by atoms with Crippen LogP contribution >= 0.6 is 15.9 Å². The Bertz CT molecular complexity index is 1440. The van der Waals surface area contributed by atoms with Crippen LogP contribution < -0.4 is 14.4 Å². The van der Waals surface area contributed by atoms with Gasteiger partial charge in [-0.25, -0.2) is 8.42 Å². The van der Waals surface area contributed by atoms with E-state index in [0.717, 1.165) is 15.4 Å². The molecule has 3 aromatic carbocycles. The number of nitrogens with zero attached hydrogens (tertiary/aromatic N) is 2. The molecule has 0 aliphatic heterocycles. The van der Waals surface area contributed by atoms with Gasteiger partial charge in [-0.2, -0.15) is 0 Å². The van der Waals surface area contributed by atoms with E-state index >= 15 is 0 Å². The summed E-state index contributed by atoms with van der Waals surface area (Å²) in [5, 5.41) is 2.92. The molecule has 0 saturated carbocycles. The number of methoxy groups -OCH3 is 1. The number of hydrogen-bond donors (Lipinski definition) is 1. The van der Waals surface area contributed by atoms with E-state index in [4.69, 9.17) is 4.74 Å². The first-order valence-electron chi connectivity index (χ1n) is 12.8. The van der Waals surface area contributed by atoms with Crippen LogP contribution in [0.25, 0.3) is 0 Å². The SMILES string of the molecule is COc1ccc(S(=O)(=O)N(CC(=O)N(Cc2ccccc2)[C@@H](C)C(=O)NC(C)(C)C)c2ccc(C)cc2)cc1Br. The normalized spacial score (nSPS) is 12.4. The Labute approximate surface area is 245 Å². The van der Waals surface area contributed by atoms with Gasteiger partial charge in [0.1, 0.15) is 18.3 Å². The van der Waals surface area contributed by atoms with Crippen LogP contribution in [0.3, 0.4) is 0 Å². The van der Waals surface area contributed by atoms with Gasteiger partial charge in [0.05, 0.1) is 22.2 Å². The lowest BCUT2D eigenvalue weighted by atomic mass is 10.1. The summed E-state index contributed by atoms with van der Waals surface area (Å²) in [6.07, 6.45) is 0. The summed E-state index contributed by atoms with van der Waals surface area (Å²) in [6, 6.07) is 19.8. The van der Waals surface area contributed by atoms with Gasteiger partial charge in [0.15, 0.2) is 0 Å². The lowest BCUT2D eigenvalue weighted by molar-refractivity contribution is -0.140. The molecule has 0 bridgehead atoms. The highest BCUT2D eigenvalue weighted by Crippen LogP contribution is 2.31. The zero-order chi connectivity index (χ0) is 29.7. The minimum Gasteiger partial charge on any atom is -0.496 e. The Morgan fingerprint density at radius 3 is 2.17 bits per heavy atom. The number of aryl methyl sites for hydroxylation is 1. The van der Waals surface area contributed by atoms with Crippen molar-refractivity contribution >= 4 is 43.5 Å². The van der Waals surface area contributed by atoms with Crippen molar-refractivity contribution in [2.75, 3.05) is 18.0 Å². The van der Waals surface area contributed by atoms with Crippen LogP contribution in [0.1, 0.15) is 38.8 Å². The van der Waals surface area contributed by atoms with Crippen LogP contribution in [-0.4, -0.2) is 50.4 Å². The fourth-order valence-corrected chi connectivity index (χ4v) is 6.14. The van der Waals surface area contributed by atoms with E-state index in [9.17, 15) is 18.0 Å². The molecule has 40 heavy (non-hydrogen) atoms. The van der Waals surface area contributed by atoms with E-state index < -0.39 is 34.1 Å². The molecule has 10 heteroatoms. The number of halogens is 1. The van der Waals surface area contributed by atoms with E-state index in [-0.39, 0.29) is 17.3 Å². The molecule has 0 fully saturated rings. The van der Waals surface area contributed by atoms with Gasteiger partial charge in [-0.05, 0) is 86.4 Å².